The number of rotatable bonds is 6. The van der Waals surface area contributed by atoms with Crippen molar-refractivity contribution in [2.45, 2.75) is 24.3 Å². The fourth-order valence-corrected chi connectivity index (χ4v) is 1.85. The van der Waals surface area contributed by atoms with Gasteiger partial charge in [0.1, 0.15) is 6.04 Å². The van der Waals surface area contributed by atoms with E-state index in [0.717, 1.165) is 4.90 Å². The van der Waals surface area contributed by atoms with E-state index in [1.807, 2.05) is 0 Å². The van der Waals surface area contributed by atoms with Crippen LogP contribution in [0.4, 0.5) is 0 Å². The average molecular weight is 254 g/mol. The van der Waals surface area contributed by atoms with Crippen molar-refractivity contribution in [2.75, 3.05) is 5.75 Å². The molecule has 6 heteroatoms. The summed E-state index contributed by atoms with van der Waals surface area (Å²) in [6, 6.07) is 2.79. The number of aromatic nitrogens is 1. The van der Waals surface area contributed by atoms with Gasteiger partial charge in [-0.3, -0.25) is 9.78 Å². The van der Waals surface area contributed by atoms with E-state index in [2.05, 4.69) is 10.3 Å². The molecule has 0 fully saturated rings. The first-order chi connectivity index (χ1) is 8.13. The summed E-state index contributed by atoms with van der Waals surface area (Å²) < 4.78 is 0. The van der Waals surface area contributed by atoms with Gasteiger partial charge >= 0.3 is 5.97 Å². The Morgan fingerprint density at radius 1 is 1.47 bits per heavy atom. The van der Waals surface area contributed by atoms with E-state index in [4.69, 9.17) is 5.11 Å². The molecule has 1 atom stereocenters. The number of nitrogens with zero attached hydrogens (tertiary/aromatic N) is 1. The van der Waals surface area contributed by atoms with Gasteiger partial charge in [-0.25, -0.2) is 4.79 Å². The molecule has 92 valence electrons. The van der Waals surface area contributed by atoms with Crippen molar-refractivity contribution < 1.29 is 14.7 Å². The summed E-state index contributed by atoms with van der Waals surface area (Å²) >= 11 is 1.35. The van der Waals surface area contributed by atoms with Crippen LogP contribution in [0.1, 0.15) is 13.3 Å². The SMILES string of the molecule is CC[C@H](NC(=O)CSc1ccncc1)C(=O)O. The third-order valence-electron chi connectivity index (χ3n) is 2.06. The molecule has 0 spiro atoms. The standard InChI is InChI=1S/C11H14N2O3S/c1-2-9(11(15)16)13-10(14)7-17-8-3-5-12-6-4-8/h3-6,9H,2,7H2,1H3,(H,13,14)(H,15,16)/t9-/m0/s1. The first kappa shape index (κ1) is 13.5. The number of hydrogen-bond acceptors (Lipinski definition) is 4. The van der Waals surface area contributed by atoms with Crippen LogP contribution in [0, 0.1) is 0 Å². The molecular weight excluding hydrogens is 240 g/mol. The van der Waals surface area contributed by atoms with E-state index in [0.29, 0.717) is 6.42 Å². The fraction of sp³-hybridized carbons (Fsp3) is 0.364. The minimum atomic E-state index is -1.00. The molecule has 0 unspecified atom stereocenters. The summed E-state index contributed by atoms with van der Waals surface area (Å²) in [6.07, 6.45) is 3.67. The fourth-order valence-electron chi connectivity index (χ4n) is 1.16. The first-order valence-corrected chi connectivity index (χ1v) is 6.17. The maximum absolute atomic E-state index is 11.5. The van der Waals surface area contributed by atoms with Gasteiger partial charge < -0.3 is 10.4 Å². The summed E-state index contributed by atoms with van der Waals surface area (Å²) in [5, 5.41) is 11.2. The highest BCUT2D eigenvalue weighted by Gasteiger charge is 2.17. The highest BCUT2D eigenvalue weighted by molar-refractivity contribution is 8.00. The van der Waals surface area contributed by atoms with Gasteiger partial charge in [0, 0.05) is 17.3 Å². The van der Waals surface area contributed by atoms with Gasteiger partial charge in [-0.15, -0.1) is 11.8 Å². The second-order valence-electron chi connectivity index (χ2n) is 3.34. The quantitative estimate of drug-likeness (QED) is 0.744. The Morgan fingerprint density at radius 3 is 2.65 bits per heavy atom. The lowest BCUT2D eigenvalue weighted by Gasteiger charge is -2.11. The number of aliphatic carboxylic acids is 1. The minimum Gasteiger partial charge on any atom is -0.480 e. The number of thioether (sulfide) groups is 1. The normalized spacial score (nSPS) is 11.8. The summed E-state index contributed by atoms with van der Waals surface area (Å²) in [5.41, 5.74) is 0. The van der Waals surface area contributed by atoms with E-state index in [1.165, 1.54) is 11.8 Å². The van der Waals surface area contributed by atoms with Crippen molar-refractivity contribution in [2.24, 2.45) is 0 Å². The molecule has 0 aliphatic rings. The number of carbonyl (C=O) groups is 2. The van der Waals surface area contributed by atoms with Gasteiger partial charge in [-0.2, -0.15) is 0 Å². The molecular formula is C11H14N2O3S. The zero-order valence-electron chi connectivity index (χ0n) is 9.42. The predicted molar refractivity (Wildman–Crippen MR) is 64.8 cm³/mol. The Morgan fingerprint density at radius 2 is 2.12 bits per heavy atom. The molecule has 1 aromatic rings. The molecule has 0 saturated heterocycles. The Balaban J connectivity index is 2.37. The van der Waals surface area contributed by atoms with Crippen LogP contribution in [0.15, 0.2) is 29.4 Å². The monoisotopic (exact) mass is 254 g/mol. The zero-order valence-corrected chi connectivity index (χ0v) is 10.2. The molecule has 0 aliphatic heterocycles. The van der Waals surface area contributed by atoms with Crippen molar-refractivity contribution >= 4 is 23.6 Å². The molecule has 1 rings (SSSR count). The third kappa shape index (κ3) is 4.86. The smallest absolute Gasteiger partial charge is 0.326 e. The number of carbonyl (C=O) groups excluding carboxylic acids is 1. The van der Waals surface area contributed by atoms with E-state index in [1.54, 1.807) is 31.5 Å². The Hall–Kier alpha value is -1.56. The van der Waals surface area contributed by atoms with E-state index < -0.39 is 12.0 Å². The van der Waals surface area contributed by atoms with Crippen LogP contribution in [-0.4, -0.2) is 33.8 Å². The number of hydrogen-bond donors (Lipinski definition) is 2. The molecule has 2 N–H and O–H groups in total. The molecule has 0 aromatic carbocycles. The largest absolute Gasteiger partial charge is 0.480 e. The Kier molecular flexibility index (Phi) is 5.48. The molecule has 1 aromatic heterocycles. The highest BCUT2D eigenvalue weighted by Crippen LogP contribution is 2.15. The van der Waals surface area contributed by atoms with Crippen LogP contribution >= 0.6 is 11.8 Å². The molecule has 17 heavy (non-hydrogen) atoms. The lowest BCUT2D eigenvalue weighted by atomic mass is 10.2. The van der Waals surface area contributed by atoms with Crippen LogP contribution in [0.2, 0.25) is 0 Å². The van der Waals surface area contributed by atoms with Crippen molar-refractivity contribution in [1.29, 1.82) is 0 Å². The van der Waals surface area contributed by atoms with E-state index in [-0.39, 0.29) is 11.7 Å². The van der Waals surface area contributed by atoms with Gasteiger partial charge in [-0.05, 0) is 18.6 Å². The minimum absolute atomic E-state index is 0.202. The third-order valence-corrected chi connectivity index (χ3v) is 3.07. The number of amides is 1. The summed E-state index contributed by atoms with van der Waals surface area (Å²) in [7, 11) is 0. The van der Waals surface area contributed by atoms with Crippen LogP contribution in [0.5, 0.6) is 0 Å². The maximum Gasteiger partial charge on any atom is 0.326 e. The highest BCUT2D eigenvalue weighted by atomic mass is 32.2. The predicted octanol–water partition coefficient (Wildman–Crippen LogP) is 1.15. The average Bonchev–Trinajstić information content (AvgIpc) is 2.34. The van der Waals surface area contributed by atoms with Crippen LogP contribution in [0.3, 0.4) is 0 Å². The molecule has 0 radical (unpaired) electrons. The van der Waals surface area contributed by atoms with E-state index in [9.17, 15) is 9.59 Å². The summed E-state index contributed by atoms with van der Waals surface area (Å²) in [6.45, 7) is 1.72. The molecule has 0 saturated carbocycles. The lowest BCUT2D eigenvalue weighted by molar-refractivity contribution is -0.141. The molecule has 0 bridgehead atoms. The van der Waals surface area contributed by atoms with Gasteiger partial charge in [0.25, 0.3) is 0 Å². The molecule has 5 nitrogen and oxygen atoms in total. The van der Waals surface area contributed by atoms with Crippen LogP contribution < -0.4 is 5.32 Å². The molecule has 1 amide bonds. The number of carboxylic acids is 1. The second kappa shape index (κ2) is 6.90. The topological polar surface area (TPSA) is 79.3 Å². The molecule has 0 aliphatic carbocycles. The van der Waals surface area contributed by atoms with Gasteiger partial charge in [0.05, 0.1) is 5.75 Å². The van der Waals surface area contributed by atoms with Gasteiger partial charge in [0.15, 0.2) is 0 Å². The second-order valence-corrected chi connectivity index (χ2v) is 4.39. The summed E-state index contributed by atoms with van der Waals surface area (Å²) in [5.74, 6) is -1.08. The van der Waals surface area contributed by atoms with Gasteiger partial charge in [-0.1, -0.05) is 6.92 Å². The van der Waals surface area contributed by atoms with Crippen molar-refractivity contribution in [3.05, 3.63) is 24.5 Å². The Labute approximate surface area is 104 Å². The van der Waals surface area contributed by atoms with Crippen molar-refractivity contribution in [3.8, 4) is 0 Å². The zero-order chi connectivity index (χ0) is 12.7. The van der Waals surface area contributed by atoms with E-state index >= 15 is 0 Å². The van der Waals surface area contributed by atoms with Crippen molar-refractivity contribution in [1.82, 2.24) is 10.3 Å². The van der Waals surface area contributed by atoms with Crippen molar-refractivity contribution in [3.63, 3.8) is 0 Å². The number of carboxylic acid groups (broad SMARTS) is 1. The Bertz CT molecular complexity index is 384. The first-order valence-electron chi connectivity index (χ1n) is 5.18. The van der Waals surface area contributed by atoms with Crippen LogP contribution in [0.25, 0.3) is 0 Å². The summed E-state index contributed by atoms with van der Waals surface area (Å²) in [4.78, 5) is 27.0. The number of nitrogens with one attached hydrogen (secondary N) is 1. The molecule has 1 heterocycles. The van der Waals surface area contributed by atoms with Gasteiger partial charge in [0.2, 0.25) is 5.91 Å². The maximum atomic E-state index is 11.5. The van der Waals surface area contributed by atoms with Crippen LogP contribution in [-0.2, 0) is 9.59 Å². The lowest BCUT2D eigenvalue weighted by Crippen LogP contribution is -2.41. The number of pyridine rings is 1.